The van der Waals surface area contributed by atoms with Crippen molar-refractivity contribution in [2.24, 2.45) is 0 Å². The molecular formula is C19H24N3O2+. The fraction of sp³-hybridized carbons (Fsp3) is 0.263. The second-order valence-electron chi connectivity index (χ2n) is 6.95. The van der Waals surface area contributed by atoms with E-state index in [1.54, 1.807) is 24.3 Å². The number of rotatable bonds is 2. The van der Waals surface area contributed by atoms with Crippen LogP contribution in [0.1, 0.15) is 0 Å². The molecule has 1 heterocycles. The first-order chi connectivity index (χ1) is 11.3. The van der Waals surface area contributed by atoms with Crippen LogP contribution in [0.15, 0.2) is 60.7 Å². The molecule has 24 heavy (non-hydrogen) atoms. The van der Waals surface area contributed by atoms with Gasteiger partial charge in [-0.25, -0.2) is 9.69 Å². The molecule has 2 aromatic carbocycles. The molecule has 0 N–H and O–H groups in total. The third-order valence-corrected chi connectivity index (χ3v) is 3.05. The highest BCUT2D eigenvalue weighted by molar-refractivity contribution is 6.26. The highest BCUT2D eigenvalue weighted by Crippen LogP contribution is 2.25. The van der Waals surface area contributed by atoms with Crippen LogP contribution in [0, 0.1) is 0 Å². The zero-order valence-electron chi connectivity index (χ0n) is 14.6. The molecule has 0 radical (unpaired) electrons. The Labute approximate surface area is 143 Å². The number of hydrogen-bond acceptors (Lipinski definition) is 2. The topological polar surface area (TPSA) is 40.6 Å². The molecule has 1 saturated heterocycles. The maximum absolute atomic E-state index is 12.3. The molecule has 0 saturated carbocycles. The summed E-state index contributed by atoms with van der Waals surface area (Å²) in [4.78, 5) is 27.1. The Kier molecular flexibility index (Phi) is 5.36. The molecule has 1 aliphatic heterocycles. The van der Waals surface area contributed by atoms with Gasteiger partial charge in [-0.3, -0.25) is 9.69 Å². The molecule has 0 spiro atoms. The van der Waals surface area contributed by atoms with Gasteiger partial charge in [0.1, 0.15) is 6.54 Å². The summed E-state index contributed by atoms with van der Waals surface area (Å²) in [5, 5.41) is 0. The number of nitrogens with zero attached hydrogens (tertiary/aromatic N) is 3. The van der Waals surface area contributed by atoms with Crippen molar-refractivity contribution in [3.8, 4) is 0 Å². The third kappa shape index (κ3) is 4.67. The first kappa shape index (κ1) is 17.7. The van der Waals surface area contributed by atoms with Crippen LogP contribution < -0.4 is 9.80 Å². The van der Waals surface area contributed by atoms with Gasteiger partial charge in [0.2, 0.25) is 0 Å². The lowest BCUT2D eigenvalue weighted by Crippen LogP contribution is -2.32. The van der Waals surface area contributed by atoms with Crippen LogP contribution >= 0.6 is 0 Å². The highest BCUT2D eigenvalue weighted by Gasteiger charge is 2.37. The molecule has 0 aromatic heterocycles. The number of quaternary nitrogens is 1. The summed E-state index contributed by atoms with van der Waals surface area (Å²) in [7, 11) is 8.50. The smallest absolute Gasteiger partial charge is 0.333 e. The van der Waals surface area contributed by atoms with Gasteiger partial charge in [-0.1, -0.05) is 36.4 Å². The normalized spacial score (nSPS) is 14.5. The minimum atomic E-state index is -0.303. The molecule has 3 amide bonds. The first-order valence-corrected chi connectivity index (χ1v) is 7.81. The number of carbonyl (C=O) groups is 2. The lowest BCUT2D eigenvalue weighted by molar-refractivity contribution is -0.849. The van der Waals surface area contributed by atoms with Crippen molar-refractivity contribution in [2.75, 3.05) is 44.5 Å². The Morgan fingerprint density at radius 3 is 1.62 bits per heavy atom. The largest absolute Gasteiger partial charge is 0.336 e. The number of carbonyl (C=O) groups excluding carboxylic acids is 2. The lowest BCUT2D eigenvalue weighted by Gasteiger charge is -2.16. The van der Waals surface area contributed by atoms with Crippen LogP contribution in [0.3, 0.4) is 0 Å². The van der Waals surface area contributed by atoms with Crippen molar-refractivity contribution in [3.05, 3.63) is 60.7 Å². The lowest BCUT2D eigenvalue weighted by atomic mass is 10.3. The number of amides is 3. The number of para-hydroxylation sites is 2. The maximum atomic E-state index is 12.3. The molecule has 5 nitrogen and oxygen atoms in total. The van der Waals surface area contributed by atoms with Crippen LogP contribution in [0.4, 0.5) is 16.2 Å². The van der Waals surface area contributed by atoms with Gasteiger partial charge in [-0.15, -0.1) is 0 Å². The molecule has 1 aliphatic rings. The Hall–Kier alpha value is -2.66. The summed E-state index contributed by atoms with van der Waals surface area (Å²) in [5.74, 6) is -0.208. The second kappa shape index (κ2) is 7.27. The minimum absolute atomic E-state index is 0.0811. The van der Waals surface area contributed by atoms with Crippen molar-refractivity contribution >= 4 is 23.3 Å². The number of benzene rings is 2. The monoisotopic (exact) mass is 326 g/mol. The molecule has 3 rings (SSSR count). The molecular weight excluding hydrogens is 302 g/mol. The quantitative estimate of drug-likeness (QED) is 0.629. The fourth-order valence-electron chi connectivity index (χ4n) is 2.14. The molecule has 0 aliphatic carbocycles. The number of anilines is 2. The van der Waals surface area contributed by atoms with Gasteiger partial charge >= 0.3 is 6.03 Å². The number of urea groups is 1. The average Bonchev–Trinajstić information content (AvgIpc) is 2.82. The first-order valence-electron chi connectivity index (χ1n) is 7.81. The molecule has 1 fully saturated rings. The van der Waals surface area contributed by atoms with E-state index in [9.17, 15) is 9.59 Å². The second-order valence-corrected chi connectivity index (χ2v) is 6.95. The van der Waals surface area contributed by atoms with Crippen molar-refractivity contribution < 1.29 is 14.1 Å². The molecule has 0 unspecified atom stereocenters. The Morgan fingerprint density at radius 2 is 1.17 bits per heavy atom. The summed E-state index contributed by atoms with van der Waals surface area (Å²) in [6.45, 7) is 0.0811. The molecule has 126 valence electrons. The van der Waals surface area contributed by atoms with Crippen LogP contribution in [-0.4, -0.2) is 51.2 Å². The van der Waals surface area contributed by atoms with Gasteiger partial charge in [0.25, 0.3) is 5.91 Å². The van der Waals surface area contributed by atoms with E-state index < -0.39 is 0 Å². The number of hydrogen-bond donors (Lipinski definition) is 0. The van der Waals surface area contributed by atoms with Crippen LogP contribution in [0.5, 0.6) is 0 Å². The van der Waals surface area contributed by atoms with E-state index in [-0.39, 0.29) is 18.5 Å². The van der Waals surface area contributed by atoms with Gasteiger partial charge in [0, 0.05) is 5.69 Å². The Bertz CT molecular complexity index is 688. The fourth-order valence-corrected chi connectivity index (χ4v) is 2.14. The minimum Gasteiger partial charge on any atom is -0.333 e. The summed E-state index contributed by atoms with van der Waals surface area (Å²) >= 11 is 0. The van der Waals surface area contributed by atoms with Crippen molar-refractivity contribution in [1.82, 2.24) is 0 Å². The summed E-state index contributed by atoms with van der Waals surface area (Å²) in [5.41, 5.74) is 1.34. The standard InChI is InChI=1S/C15H12N2O2.C4H12N/c18-14-11-16(12-7-3-1-4-8-12)15(19)17(14)13-9-5-2-6-10-13;1-5(2,3)4/h1-10H,11H2;1-4H3/q;+1. The van der Waals surface area contributed by atoms with E-state index in [0.717, 1.165) is 10.2 Å². The highest BCUT2D eigenvalue weighted by atomic mass is 16.2. The zero-order valence-corrected chi connectivity index (χ0v) is 14.6. The molecule has 0 atom stereocenters. The van der Waals surface area contributed by atoms with Crippen molar-refractivity contribution in [3.63, 3.8) is 0 Å². The van der Waals surface area contributed by atoms with Crippen LogP contribution in [0.25, 0.3) is 0 Å². The molecule has 0 bridgehead atoms. The number of imide groups is 1. The van der Waals surface area contributed by atoms with Gasteiger partial charge < -0.3 is 4.48 Å². The molecule has 5 heteroatoms. The predicted octanol–water partition coefficient (Wildman–Crippen LogP) is 2.98. The van der Waals surface area contributed by atoms with Crippen molar-refractivity contribution in [2.45, 2.75) is 0 Å². The Morgan fingerprint density at radius 1 is 0.750 bits per heavy atom. The third-order valence-electron chi connectivity index (χ3n) is 3.05. The van der Waals surface area contributed by atoms with Crippen LogP contribution in [-0.2, 0) is 4.79 Å². The van der Waals surface area contributed by atoms with E-state index in [4.69, 9.17) is 0 Å². The van der Waals surface area contributed by atoms with Gasteiger partial charge in [0.15, 0.2) is 0 Å². The van der Waals surface area contributed by atoms with E-state index in [1.165, 1.54) is 9.80 Å². The maximum Gasteiger partial charge on any atom is 0.336 e. The van der Waals surface area contributed by atoms with Crippen molar-refractivity contribution in [1.29, 1.82) is 0 Å². The zero-order chi connectivity index (χ0) is 17.7. The molecule has 2 aromatic rings. The van der Waals surface area contributed by atoms with E-state index >= 15 is 0 Å². The summed E-state index contributed by atoms with van der Waals surface area (Å²) < 4.78 is 1.00. The van der Waals surface area contributed by atoms with E-state index in [1.807, 2.05) is 36.4 Å². The predicted molar refractivity (Wildman–Crippen MR) is 97.1 cm³/mol. The van der Waals surface area contributed by atoms with E-state index in [0.29, 0.717) is 5.69 Å². The SMILES string of the molecule is C[N+](C)(C)C.O=C1CN(c2ccccc2)C(=O)N1c1ccccc1. The van der Waals surface area contributed by atoms with Gasteiger partial charge in [-0.2, -0.15) is 0 Å². The van der Waals surface area contributed by atoms with Gasteiger partial charge in [0.05, 0.1) is 33.9 Å². The van der Waals surface area contributed by atoms with Crippen LogP contribution in [0.2, 0.25) is 0 Å². The summed E-state index contributed by atoms with van der Waals surface area (Å²) in [6.07, 6.45) is 0. The average molecular weight is 326 g/mol. The van der Waals surface area contributed by atoms with Gasteiger partial charge in [-0.05, 0) is 24.3 Å². The summed E-state index contributed by atoms with van der Waals surface area (Å²) in [6, 6.07) is 17.9. The Balaban J connectivity index is 0.000000368. The van der Waals surface area contributed by atoms with E-state index in [2.05, 4.69) is 28.2 Å².